The number of nitrogens with one attached hydrogen (secondary N) is 1. The maximum atomic E-state index is 12.3. The number of benzene rings is 2. The minimum Gasteiger partial charge on any atom is -0.356 e. The van der Waals surface area contributed by atoms with Crippen LogP contribution < -0.4 is 5.32 Å². The van der Waals surface area contributed by atoms with Crippen LogP contribution in [-0.4, -0.2) is 42.0 Å². The maximum absolute atomic E-state index is 12.3. The SMILES string of the molecule is CCN(CC)CCCNC(=O)Cc1sc(Cc2cccc3ccccc23)nc1C. The molecular weight excluding hydrogens is 378 g/mol. The van der Waals surface area contributed by atoms with Gasteiger partial charge in [0, 0.05) is 17.8 Å². The molecule has 0 fully saturated rings. The van der Waals surface area contributed by atoms with Crippen LogP contribution in [0.3, 0.4) is 0 Å². The van der Waals surface area contributed by atoms with Gasteiger partial charge in [-0.15, -0.1) is 11.3 Å². The Kier molecular flexibility index (Phi) is 7.78. The van der Waals surface area contributed by atoms with Crippen molar-refractivity contribution in [3.63, 3.8) is 0 Å². The summed E-state index contributed by atoms with van der Waals surface area (Å²) in [6, 6.07) is 14.9. The summed E-state index contributed by atoms with van der Waals surface area (Å²) in [6.45, 7) is 10.2. The van der Waals surface area contributed by atoms with Crippen LogP contribution in [0.15, 0.2) is 42.5 Å². The molecule has 0 spiro atoms. The third-order valence-corrected chi connectivity index (χ3v) is 6.50. The third-order valence-electron chi connectivity index (χ3n) is 5.35. The molecule has 2 aromatic carbocycles. The van der Waals surface area contributed by atoms with E-state index in [0.29, 0.717) is 6.42 Å². The number of hydrogen-bond donors (Lipinski definition) is 1. The molecule has 0 aliphatic carbocycles. The number of rotatable bonds is 10. The van der Waals surface area contributed by atoms with Gasteiger partial charge >= 0.3 is 0 Å². The fraction of sp³-hybridized carbons (Fsp3) is 0.417. The highest BCUT2D eigenvalue weighted by molar-refractivity contribution is 7.11. The fourth-order valence-corrected chi connectivity index (χ4v) is 4.71. The van der Waals surface area contributed by atoms with Gasteiger partial charge in [-0.3, -0.25) is 4.79 Å². The standard InChI is InChI=1S/C24H31N3OS/c1-4-27(5-2)15-9-14-25-23(28)17-22-18(3)26-24(29-22)16-20-12-8-11-19-10-6-7-13-21(19)20/h6-8,10-13H,4-5,9,14-17H2,1-3H3,(H,25,28). The van der Waals surface area contributed by atoms with E-state index in [9.17, 15) is 4.79 Å². The summed E-state index contributed by atoms with van der Waals surface area (Å²) < 4.78 is 0. The van der Waals surface area contributed by atoms with E-state index in [4.69, 9.17) is 4.98 Å². The molecule has 1 N–H and O–H groups in total. The van der Waals surface area contributed by atoms with Crippen LogP contribution in [0.25, 0.3) is 10.8 Å². The van der Waals surface area contributed by atoms with Crippen molar-refractivity contribution in [2.24, 2.45) is 0 Å². The number of amides is 1. The number of aryl methyl sites for hydroxylation is 1. The minimum absolute atomic E-state index is 0.0907. The van der Waals surface area contributed by atoms with Gasteiger partial charge in [0.15, 0.2) is 0 Å². The van der Waals surface area contributed by atoms with Crippen molar-refractivity contribution < 1.29 is 4.79 Å². The second-order valence-corrected chi connectivity index (χ2v) is 8.51. The largest absolute Gasteiger partial charge is 0.356 e. The molecule has 1 aromatic heterocycles. The van der Waals surface area contributed by atoms with Gasteiger partial charge in [-0.25, -0.2) is 4.98 Å². The van der Waals surface area contributed by atoms with Crippen molar-refractivity contribution in [1.29, 1.82) is 0 Å². The molecule has 5 heteroatoms. The number of carbonyl (C=O) groups is 1. The lowest BCUT2D eigenvalue weighted by Crippen LogP contribution is -2.30. The smallest absolute Gasteiger partial charge is 0.225 e. The molecule has 0 unspecified atom stereocenters. The van der Waals surface area contributed by atoms with Gasteiger partial charge in [-0.05, 0) is 49.3 Å². The summed E-state index contributed by atoms with van der Waals surface area (Å²) >= 11 is 1.66. The van der Waals surface area contributed by atoms with Crippen molar-refractivity contribution in [2.75, 3.05) is 26.2 Å². The van der Waals surface area contributed by atoms with Gasteiger partial charge in [-0.1, -0.05) is 56.3 Å². The van der Waals surface area contributed by atoms with E-state index in [1.54, 1.807) is 11.3 Å². The van der Waals surface area contributed by atoms with E-state index in [1.165, 1.54) is 16.3 Å². The molecule has 3 rings (SSSR count). The topological polar surface area (TPSA) is 45.2 Å². The highest BCUT2D eigenvalue weighted by Crippen LogP contribution is 2.25. The molecule has 0 radical (unpaired) electrons. The molecule has 1 heterocycles. The molecule has 4 nitrogen and oxygen atoms in total. The molecule has 29 heavy (non-hydrogen) atoms. The van der Waals surface area contributed by atoms with Gasteiger partial charge in [-0.2, -0.15) is 0 Å². The first-order chi connectivity index (χ1) is 14.1. The number of fused-ring (bicyclic) bond motifs is 1. The van der Waals surface area contributed by atoms with Crippen LogP contribution in [-0.2, 0) is 17.6 Å². The molecular formula is C24H31N3OS. The van der Waals surface area contributed by atoms with Gasteiger partial charge < -0.3 is 10.2 Å². The van der Waals surface area contributed by atoms with Crippen LogP contribution in [0.2, 0.25) is 0 Å². The normalized spacial score (nSPS) is 11.3. The second-order valence-electron chi connectivity index (χ2n) is 7.34. The summed E-state index contributed by atoms with van der Waals surface area (Å²) in [7, 11) is 0. The Balaban J connectivity index is 1.56. The zero-order chi connectivity index (χ0) is 20.6. The lowest BCUT2D eigenvalue weighted by Gasteiger charge is -2.17. The lowest BCUT2D eigenvalue weighted by molar-refractivity contribution is -0.120. The van der Waals surface area contributed by atoms with Crippen molar-refractivity contribution in [3.05, 3.63) is 63.6 Å². The van der Waals surface area contributed by atoms with E-state index in [0.717, 1.165) is 54.6 Å². The molecule has 154 valence electrons. The third kappa shape index (κ3) is 5.87. The first-order valence-corrected chi connectivity index (χ1v) is 11.3. The van der Waals surface area contributed by atoms with Crippen molar-refractivity contribution in [1.82, 2.24) is 15.2 Å². The number of carbonyl (C=O) groups excluding carboxylic acids is 1. The lowest BCUT2D eigenvalue weighted by atomic mass is 10.0. The highest BCUT2D eigenvalue weighted by Gasteiger charge is 2.13. The monoisotopic (exact) mass is 409 g/mol. The Morgan fingerprint density at radius 3 is 2.66 bits per heavy atom. The van der Waals surface area contributed by atoms with Crippen molar-refractivity contribution in [3.8, 4) is 0 Å². The zero-order valence-corrected chi connectivity index (χ0v) is 18.5. The summed E-state index contributed by atoms with van der Waals surface area (Å²) in [5.41, 5.74) is 2.26. The minimum atomic E-state index is 0.0907. The molecule has 3 aromatic rings. The highest BCUT2D eigenvalue weighted by atomic mass is 32.1. The van der Waals surface area contributed by atoms with Crippen molar-refractivity contribution >= 4 is 28.0 Å². The Morgan fingerprint density at radius 1 is 1.10 bits per heavy atom. The molecule has 0 saturated carbocycles. The summed E-state index contributed by atoms with van der Waals surface area (Å²) in [5, 5.41) is 6.66. The average molecular weight is 410 g/mol. The molecule has 0 aliphatic heterocycles. The Bertz CT molecular complexity index is 941. The number of thiazole rings is 1. The van der Waals surface area contributed by atoms with E-state index in [-0.39, 0.29) is 5.91 Å². The predicted molar refractivity (Wildman–Crippen MR) is 123 cm³/mol. The summed E-state index contributed by atoms with van der Waals surface area (Å²) in [6.07, 6.45) is 2.21. The van der Waals surface area contributed by atoms with E-state index >= 15 is 0 Å². The summed E-state index contributed by atoms with van der Waals surface area (Å²) in [4.78, 5) is 20.5. The number of aromatic nitrogens is 1. The van der Waals surface area contributed by atoms with Crippen molar-refractivity contribution in [2.45, 2.75) is 40.0 Å². The van der Waals surface area contributed by atoms with Crippen LogP contribution in [0, 0.1) is 6.92 Å². The average Bonchev–Trinajstić information content (AvgIpc) is 3.07. The molecule has 0 atom stereocenters. The first-order valence-electron chi connectivity index (χ1n) is 10.5. The first kappa shape index (κ1) is 21.5. The Hall–Kier alpha value is -2.24. The maximum Gasteiger partial charge on any atom is 0.225 e. The zero-order valence-electron chi connectivity index (χ0n) is 17.7. The summed E-state index contributed by atoms with van der Waals surface area (Å²) in [5.74, 6) is 0.0907. The predicted octanol–water partition coefficient (Wildman–Crippen LogP) is 4.59. The van der Waals surface area contributed by atoms with Gasteiger partial charge in [0.2, 0.25) is 5.91 Å². The van der Waals surface area contributed by atoms with Gasteiger partial charge in [0.25, 0.3) is 0 Å². The Labute approximate surface area is 178 Å². The van der Waals surface area contributed by atoms with Crippen LogP contribution in [0.4, 0.5) is 0 Å². The fourth-order valence-electron chi connectivity index (χ4n) is 3.62. The quantitative estimate of drug-likeness (QED) is 0.498. The number of hydrogen-bond acceptors (Lipinski definition) is 4. The molecule has 1 amide bonds. The number of nitrogens with zero attached hydrogens (tertiary/aromatic N) is 2. The molecule has 0 saturated heterocycles. The molecule has 0 aliphatic rings. The van der Waals surface area contributed by atoms with E-state index < -0.39 is 0 Å². The van der Waals surface area contributed by atoms with Gasteiger partial charge in [0.1, 0.15) is 0 Å². The van der Waals surface area contributed by atoms with Gasteiger partial charge in [0.05, 0.1) is 17.1 Å². The van der Waals surface area contributed by atoms with E-state index in [2.05, 4.69) is 66.5 Å². The van der Waals surface area contributed by atoms with Crippen LogP contribution in [0.5, 0.6) is 0 Å². The second kappa shape index (κ2) is 10.5. The molecule has 0 bridgehead atoms. The van der Waals surface area contributed by atoms with Crippen LogP contribution in [0.1, 0.15) is 41.4 Å². The Morgan fingerprint density at radius 2 is 1.86 bits per heavy atom. The van der Waals surface area contributed by atoms with Crippen LogP contribution >= 0.6 is 11.3 Å². The van der Waals surface area contributed by atoms with E-state index in [1.807, 2.05) is 6.92 Å².